The lowest BCUT2D eigenvalue weighted by molar-refractivity contribution is -0.0979. The molecular formula is C27H45FO3. The molecule has 3 nitrogen and oxygen atoms in total. The van der Waals surface area contributed by atoms with Crippen LogP contribution in [-0.2, 0) is 14.3 Å². The Labute approximate surface area is 191 Å². The molecule has 0 aromatic heterocycles. The van der Waals surface area contributed by atoms with Crippen molar-refractivity contribution < 1.29 is 18.7 Å². The molecule has 0 heterocycles. The maximum Gasteiger partial charge on any atom is 0.160 e. The van der Waals surface area contributed by atoms with Gasteiger partial charge in [0.05, 0.1) is 14.2 Å². The van der Waals surface area contributed by atoms with Crippen LogP contribution >= 0.6 is 0 Å². The van der Waals surface area contributed by atoms with Gasteiger partial charge >= 0.3 is 0 Å². The minimum Gasteiger partial charge on any atom is -0.493 e. The number of hydrogen-bond acceptors (Lipinski definition) is 3. The van der Waals surface area contributed by atoms with Gasteiger partial charge in [0, 0.05) is 5.57 Å². The fraction of sp³-hybridized carbons (Fsp3) is 0.444. The van der Waals surface area contributed by atoms with Crippen molar-refractivity contribution in [2.24, 2.45) is 11.8 Å². The normalized spacial score (nSPS) is 11.2. The van der Waals surface area contributed by atoms with Crippen molar-refractivity contribution in [2.45, 2.75) is 54.4 Å². The zero-order chi connectivity index (χ0) is 25.6. The number of ether oxygens (including phenoxy) is 2. The van der Waals surface area contributed by atoms with E-state index in [0.717, 1.165) is 18.4 Å². The van der Waals surface area contributed by atoms with Crippen LogP contribution in [0.1, 0.15) is 54.4 Å². The number of carbonyl (C=O) groups excluding carboxylic acids is 1. The Bertz CT molecular complexity index is 610. The Balaban J connectivity index is -0.000000463. The fourth-order valence-corrected chi connectivity index (χ4v) is 1.91. The maximum absolute atomic E-state index is 14.4. The summed E-state index contributed by atoms with van der Waals surface area (Å²) >= 11 is 0. The number of allylic oxidation sites excluding steroid dienone is 7. The molecule has 4 heteroatoms. The highest BCUT2D eigenvalue weighted by molar-refractivity contribution is 5.49. The second-order valence-corrected chi connectivity index (χ2v) is 6.69. The van der Waals surface area contributed by atoms with Gasteiger partial charge in [0.15, 0.2) is 11.5 Å². The SMILES string of the molecule is C=C(/C=C(/OC)C(=C)OC)C(=C)/C(F)=C\C(=C)C(C)CCC(C)C.C=CC.C=O.CC. The average molecular weight is 437 g/mol. The molecule has 0 bridgehead atoms. The van der Waals surface area contributed by atoms with Gasteiger partial charge in [-0.1, -0.05) is 73.4 Å². The van der Waals surface area contributed by atoms with Gasteiger partial charge < -0.3 is 14.3 Å². The molecule has 0 aliphatic heterocycles. The van der Waals surface area contributed by atoms with Crippen LogP contribution in [0.3, 0.4) is 0 Å². The second-order valence-electron chi connectivity index (χ2n) is 6.69. The Morgan fingerprint density at radius 1 is 0.935 bits per heavy atom. The Morgan fingerprint density at radius 3 is 1.74 bits per heavy atom. The van der Waals surface area contributed by atoms with E-state index in [1.807, 2.05) is 27.6 Å². The van der Waals surface area contributed by atoms with Crippen LogP contribution in [0, 0.1) is 11.8 Å². The topological polar surface area (TPSA) is 35.5 Å². The van der Waals surface area contributed by atoms with Crippen molar-refractivity contribution in [1.82, 2.24) is 0 Å². The quantitative estimate of drug-likeness (QED) is 0.186. The fourth-order valence-electron chi connectivity index (χ4n) is 1.91. The lowest BCUT2D eigenvalue weighted by Gasteiger charge is -2.14. The standard InChI is InChI=1S/C21H31FO2.C3H6.C2H6.CH2O/c1-14(2)10-11-15(3)16(4)12-20(22)18(6)17(5)13-21(24-9)19(7)23-8;1-3-2;2*1-2/h12-15H,4-7,10-11H2,1-3,8-9H3;3H,1H2,2H3;1-2H3;1H2/b20-12+,21-13+;;;. The lowest BCUT2D eigenvalue weighted by atomic mass is 9.92. The predicted molar refractivity (Wildman–Crippen MR) is 135 cm³/mol. The zero-order valence-electron chi connectivity index (χ0n) is 21.1. The van der Waals surface area contributed by atoms with Gasteiger partial charge in [-0.15, -0.1) is 6.58 Å². The van der Waals surface area contributed by atoms with Crippen LogP contribution in [0.2, 0.25) is 0 Å². The summed E-state index contributed by atoms with van der Waals surface area (Å²) in [4.78, 5) is 8.00. The van der Waals surface area contributed by atoms with E-state index >= 15 is 0 Å². The Kier molecular flexibility index (Phi) is 27.3. The van der Waals surface area contributed by atoms with E-state index in [1.165, 1.54) is 20.3 Å². The van der Waals surface area contributed by atoms with E-state index in [2.05, 4.69) is 53.7 Å². The molecule has 0 amide bonds. The Hall–Kier alpha value is -2.62. The highest BCUT2D eigenvalue weighted by Crippen LogP contribution is 2.26. The molecule has 0 rings (SSSR count). The second kappa shape index (κ2) is 23.7. The average Bonchev–Trinajstić information content (AvgIpc) is 2.77. The Morgan fingerprint density at radius 2 is 1.39 bits per heavy atom. The van der Waals surface area contributed by atoms with Crippen LogP contribution < -0.4 is 0 Å². The first-order valence-electron chi connectivity index (χ1n) is 10.3. The van der Waals surface area contributed by atoms with Crippen molar-refractivity contribution >= 4 is 6.79 Å². The molecule has 0 saturated heterocycles. The first kappa shape index (κ1) is 35.8. The van der Waals surface area contributed by atoms with E-state index in [9.17, 15) is 4.39 Å². The number of halogens is 1. The van der Waals surface area contributed by atoms with Gasteiger partial charge in [-0.2, -0.15) is 0 Å². The van der Waals surface area contributed by atoms with Crippen molar-refractivity contribution in [3.05, 3.63) is 85.2 Å². The molecule has 0 aromatic carbocycles. The van der Waals surface area contributed by atoms with E-state index in [0.29, 0.717) is 23.0 Å². The van der Waals surface area contributed by atoms with Crippen LogP contribution in [0.4, 0.5) is 4.39 Å². The summed E-state index contributed by atoms with van der Waals surface area (Å²) in [5.41, 5.74) is 1.33. The molecule has 0 saturated carbocycles. The van der Waals surface area contributed by atoms with E-state index in [4.69, 9.17) is 14.3 Å². The van der Waals surface area contributed by atoms with E-state index < -0.39 is 5.83 Å². The summed E-state index contributed by atoms with van der Waals surface area (Å²) < 4.78 is 24.6. The summed E-state index contributed by atoms with van der Waals surface area (Å²) in [6.45, 7) is 32.9. The highest BCUT2D eigenvalue weighted by Gasteiger charge is 2.11. The minimum absolute atomic E-state index is 0.186. The molecule has 178 valence electrons. The first-order valence-corrected chi connectivity index (χ1v) is 10.3. The summed E-state index contributed by atoms with van der Waals surface area (Å²) in [5, 5.41) is 0. The van der Waals surface area contributed by atoms with E-state index in [1.54, 1.807) is 12.2 Å². The predicted octanol–water partition coefficient (Wildman–Crippen LogP) is 8.30. The van der Waals surface area contributed by atoms with Crippen LogP contribution in [0.25, 0.3) is 0 Å². The van der Waals surface area contributed by atoms with Gasteiger partial charge in [0.1, 0.15) is 12.6 Å². The van der Waals surface area contributed by atoms with Crippen LogP contribution in [0.5, 0.6) is 0 Å². The number of methoxy groups -OCH3 is 2. The van der Waals surface area contributed by atoms with Gasteiger partial charge in [0.25, 0.3) is 0 Å². The van der Waals surface area contributed by atoms with Crippen molar-refractivity contribution in [2.75, 3.05) is 14.2 Å². The molecular weight excluding hydrogens is 391 g/mol. The van der Waals surface area contributed by atoms with Crippen LogP contribution in [-0.4, -0.2) is 21.0 Å². The van der Waals surface area contributed by atoms with E-state index in [-0.39, 0.29) is 11.5 Å². The maximum atomic E-state index is 14.4. The van der Waals surface area contributed by atoms with Gasteiger partial charge in [-0.3, -0.25) is 0 Å². The third-order valence-electron chi connectivity index (χ3n) is 3.84. The molecule has 0 fully saturated rings. The molecule has 0 aliphatic carbocycles. The van der Waals surface area contributed by atoms with Crippen LogP contribution in [0.15, 0.2) is 85.2 Å². The molecule has 0 spiro atoms. The third-order valence-corrected chi connectivity index (χ3v) is 3.84. The zero-order valence-corrected chi connectivity index (χ0v) is 21.1. The molecule has 31 heavy (non-hydrogen) atoms. The smallest absolute Gasteiger partial charge is 0.160 e. The highest BCUT2D eigenvalue weighted by atomic mass is 19.1. The molecule has 1 atom stereocenters. The number of rotatable bonds is 11. The molecule has 0 N–H and O–H groups in total. The summed E-state index contributed by atoms with van der Waals surface area (Å²) in [6.07, 6.45) is 6.80. The van der Waals surface area contributed by atoms with Gasteiger partial charge in [0.2, 0.25) is 0 Å². The van der Waals surface area contributed by atoms with Gasteiger partial charge in [-0.05, 0) is 48.5 Å². The van der Waals surface area contributed by atoms with Crippen molar-refractivity contribution in [3.8, 4) is 0 Å². The number of carbonyl (C=O) groups is 1. The first-order chi connectivity index (χ1) is 14.5. The number of hydrogen-bond donors (Lipinski definition) is 0. The minimum atomic E-state index is -0.448. The summed E-state index contributed by atoms with van der Waals surface area (Å²) in [6, 6.07) is 0. The molecule has 1 unspecified atom stereocenters. The monoisotopic (exact) mass is 436 g/mol. The van der Waals surface area contributed by atoms with Gasteiger partial charge in [-0.25, -0.2) is 4.39 Å². The molecule has 0 aliphatic rings. The van der Waals surface area contributed by atoms with Crippen molar-refractivity contribution in [3.63, 3.8) is 0 Å². The largest absolute Gasteiger partial charge is 0.493 e. The molecule has 0 aromatic rings. The third kappa shape index (κ3) is 19.1. The summed E-state index contributed by atoms with van der Waals surface area (Å²) in [7, 11) is 2.96. The lowest BCUT2D eigenvalue weighted by Crippen LogP contribution is -2.00. The molecule has 0 radical (unpaired) electrons. The van der Waals surface area contributed by atoms with Crippen molar-refractivity contribution in [1.29, 1.82) is 0 Å². The summed E-state index contributed by atoms with van der Waals surface area (Å²) in [5.74, 6) is 1.10.